The quantitative estimate of drug-likeness (QED) is 0.285. The Hall–Kier alpha value is -2.56. The number of nitrogens with zero attached hydrogens (tertiary/aromatic N) is 2. The molecular formula is C15H12N2O3S. The molecule has 106 valence electrons. The number of carbonyl (C=O) groups excluding carboxylic acids is 1. The van der Waals surface area contributed by atoms with Gasteiger partial charge in [-0.3, -0.25) is 4.79 Å². The second-order valence-corrected chi connectivity index (χ2v) is 6.20. The first-order chi connectivity index (χ1) is 9.95. The van der Waals surface area contributed by atoms with Crippen LogP contribution in [0.3, 0.4) is 0 Å². The molecule has 0 aliphatic carbocycles. The van der Waals surface area contributed by atoms with E-state index in [0.29, 0.717) is 11.1 Å². The van der Waals surface area contributed by atoms with Crippen LogP contribution < -0.4 is 0 Å². The fourth-order valence-corrected chi connectivity index (χ4v) is 2.89. The van der Waals surface area contributed by atoms with Crippen LogP contribution in [0.5, 0.6) is 0 Å². The third-order valence-corrected chi connectivity index (χ3v) is 4.25. The van der Waals surface area contributed by atoms with Gasteiger partial charge in [0.25, 0.3) is 9.84 Å². The van der Waals surface area contributed by atoms with Crippen LogP contribution in [-0.4, -0.2) is 24.5 Å². The van der Waals surface area contributed by atoms with Crippen LogP contribution in [0.25, 0.3) is 5.53 Å². The van der Waals surface area contributed by atoms with Crippen molar-refractivity contribution in [3.05, 3.63) is 70.8 Å². The smallest absolute Gasteiger partial charge is 0.361 e. The molecule has 0 bridgehead atoms. The van der Waals surface area contributed by atoms with Crippen LogP contribution >= 0.6 is 0 Å². The first-order valence-corrected chi connectivity index (χ1v) is 7.63. The van der Waals surface area contributed by atoms with Gasteiger partial charge >= 0.3 is 5.55 Å². The highest BCUT2D eigenvalue weighted by Gasteiger charge is 2.24. The number of sulfone groups is 1. The van der Waals surface area contributed by atoms with E-state index >= 15 is 0 Å². The first-order valence-electron chi connectivity index (χ1n) is 6.08. The summed E-state index contributed by atoms with van der Waals surface area (Å²) in [7, 11) is -3.97. The summed E-state index contributed by atoms with van der Waals surface area (Å²) in [5.74, 6) is -0.399. The second kappa shape index (κ2) is 5.83. The van der Waals surface area contributed by atoms with E-state index in [-0.39, 0.29) is 10.5 Å². The maximum Gasteiger partial charge on any atom is 0.374 e. The zero-order chi connectivity index (χ0) is 15.5. The molecule has 2 rings (SSSR count). The molecular weight excluding hydrogens is 288 g/mol. The first kappa shape index (κ1) is 14.8. The maximum atomic E-state index is 12.5. The Morgan fingerprint density at radius 3 is 2.43 bits per heavy atom. The lowest BCUT2D eigenvalue weighted by Gasteiger charge is -2.07. The molecule has 0 heterocycles. The average Bonchev–Trinajstić information content (AvgIpc) is 2.47. The highest BCUT2D eigenvalue weighted by Crippen LogP contribution is 2.21. The second-order valence-electron chi connectivity index (χ2n) is 4.46. The summed E-state index contributed by atoms with van der Waals surface area (Å²) in [6, 6.07) is 12.8. The van der Waals surface area contributed by atoms with Gasteiger partial charge in [-0.1, -0.05) is 42.0 Å². The number of hydrogen-bond acceptors (Lipinski definition) is 3. The van der Waals surface area contributed by atoms with E-state index in [1.165, 1.54) is 12.1 Å². The summed E-state index contributed by atoms with van der Waals surface area (Å²) in [5, 5.41) is 0. The highest BCUT2D eigenvalue weighted by molar-refractivity contribution is 8.04. The van der Waals surface area contributed by atoms with E-state index in [1.54, 1.807) is 43.3 Å². The van der Waals surface area contributed by atoms with Gasteiger partial charge in [0, 0.05) is 11.1 Å². The van der Waals surface area contributed by atoms with Crippen molar-refractivity contribution in [2.45, 2.75) is 11.8 Å². The van der Waals surface area contributed by atoms with E-state index in [2.05, 4.69) is 4.79 Å². The summed E-state index contributed by atoms with van der Waals surface area (Å²) < 4.78 is 24.1. The number of benzene rings is 2. The van der Waals surface area contributed by atoms with Crippen molar-refractivity contribution in [3.8, 4) is 0 Å². The Balaban J connectivity index is 2.66. The van der Waals surface area contributed by atoms with Gasteiger partial charge in [0.15, 0.2) is 5.78 Å². The molecule has 0 N–H and O–H groups in total. The third kappa shape index (κ3) is 3.13. The zero-order valence-corrected chi connectivity index (χ0v) is 12.0. The Morgan fingerprint density at radius 2 is 1.81 bits per heavy atom. The summed E-state index contributed by atoms with van der Waals surface area (Å²) in [5.41, 5.74) is 10.1. The van der Waals surface area contributed by atoms with Crippen LogP contribution in [0.2, 0.25) is 0 Å². The van der Waals surface area contributed by atoms with Crippen molar-refractivity contribution in [2.75, 3.05) is 0 Å². The van der Waals surface area contributed by atoms with Gasteiger partial charge in [-0.25, -0.2) is 8.42 Å². The Morgan fingerprint density at radius 1 is 1.14 bits per heavy atom. The Labute approximate surface area is 122 Å². The minimum Gasteiger partial charge on any atom is -0.361 e. The molecule has 0 spiro atoms. The zero-order valence-electron chi connectivity index (χ0n) is 11.2. The van der Waals surface area contributed by atoms with E-state index < -0.39 is 15.6 Å². The number of ketones is 1. The molecule has 21 heavy (non-hydrogen) atoms. The van der Waals surface area contributed by atoms with Gasteiger partial charge < -0.3 is 5.53 Å². The lowest BCUT2D eigenvalue weighted by molar-refractivity contribution is 0.00754. The third-order valence-electron chi connectivity index (χ3n) is 2.91. The minimum absolute atomic E-state index is 0.0566. The molecule has 0 saturated carbocycles. The van der Waals surface area contributed by atoms with Crippen LogP contribution in [0.1, 0.15) is 21.5 Å². The van der Waals surface area contributed by atoms with Crippen molar-refractivity contribution in [3.63, 3.8) is 0 Å². The fraction of sp³-hybridized carbons (Fsp3) is 0.0667. The number of hydrogen-bond donors (Lipinski definition) is 0. The maximum absolute atomic E-state index is 12.5. The van der Waals surface area contributed by atoms with Gasteiger partial charge in [0.05, 0.1) is 4.90 Å². The molecule has 2 aromatic carbocycles. The van der Waals surface area contributed by atoms with E-state index in [4.69, 9.17) is 5.53 Å². The highest BCUT2D eigenvalue weighted by atomic mass is 32.2. The van der Waals surface area contributed by atoms with Crippen molar-refractivity contribution >= 4 is 21.2 Å². The predicted molar refractivity (Wildman–Crippen MR) is 77.9 cm³/mol. The molecule has 0 unspecified atom stereocenters. The van der Waals surface area contributed by atoms with Crippen molar-refractivity contribution in [1.29, 1.82) is 0 Å². The molecule has 0 fully saturated rings. The van der Waals surface area contributed by atoms with Crippen molar-refractivity contribution in [1.82, 2.24) is 0 Å². The number of rotatable bonds is 4. The lowest BCUT2D eigenvalue weighted by atomic mass is 10.0. The largest absolute Gasteiger partial charge is 0.374 e. The minimum atomic E-state index is -3.97. The topological polar surface area (TPSA) is 87.6 Å². The van der Waals surface area contributed by atoms with Crippen LogP contribution in [-0.2, 0) is 9.84 Å². The molecule has 2 aromatic rings. The van der Waals surface area contributed by atoms with E-state index in [0.717, 1.165) is 5.56 Å². The monoisotopic (exact) mass is 300 g/mol. The van der Waals surface area contributed by atoms with Gasteiger partial charge in [0.1, 0.15) is 0 Å². The Bertz CT molecular complexity index is 836. The number of carbonyl (C=O) groups is 1. The molecule has 0 aliphatic heterocycles. The van der Waals surface area contributed by atoms with Crippen molar-refractivity contribution in [2.24, 2.45) is 0 Å². The van der Waals surface area contributed by atoms with E-state index in [1.807, 2.05) is 0 Å². The van der Waals surface area contributed by atoms with Crippen molar-refractivity contribution < 1.29 is 18.0 Å². The molecule has 0 saturated heterocycles. The summed E-state index contributed by atoms with van der Waals surface area (Å²) in [4.78, 5) is 14.9. The predicted octanol–water partition coefficient (Wildman–Crippen LogP) is 2.26. The van der Waals surface area contributed by atoms with E-state index in [9.17, 15) is 13.2 Å². The molecule has 0 radical (unpaired) electrons. The van der Waals surface area contributed by atoms with Crippen LogP contribution in [0.4, 0.5) is 0 Å². The normalized spacial score (nSPS) is 10.7. The standard InChI is InChI=1S/C15H12N2O3S/c1-11-7-8-14(21(19,20)10-17-16)13(9-11)15(18)12-5-3-2-4-6-12/h2-10H,1H3. The molecule has 0 aromatic heterocycles. The van der Waals surface area contributed by atoms with Gasteiger partial charge in [-0.15, -0.1) is 0 Å². The molecule has 6 heteroatoms. The average molecular weight is 300 g/mol. The Kier molecular flexibility index (Phi) is 4.12. The summed E-state index contributed by atoms with van der Waals surface area (Å²) in [6.45, 7) is 1.76. The molecule has 0 atom stereocenters. The SMILES string of the molecule is Cc1ccc(S(=O)(=O)C=[N+]=[N-])c(C(=O)c2ccccc2)c1. The summed E-state index contributed by atoms with van der Waals surface area (Å²) >= 11 is 0. The molecule has 5 nitrogen and oxygen atoms in total. The van der Waals surface area contributed by atoms with Gasteiger partial charge in [0.2, 0.25) is 0 Å². The number of aryl methyl sites for hydroxylation is 1. The summed E-state index contributed by atoms with van der Waals surface area (Å²) in [6.07, 6.45) is 0. The van der Waals surface area contributed by atoms with Crippen LogP contribution in [0.15, 0.2) is 53.4 Å². The lowest BCUT2D eigenvalue weighted by Crippen LogP contribution is -2.12. The fourth-order valence-electron chi connectivity index (χ4n) is 1.93. The van der Waals surface area contributed by atoms with Crippen LogP contribution in [0, 0.1) is 6.92 Å². The van der Waals surface area contributed by atoms with Gasteiger partial charge in [-0.05, 0) is 19.1 Å². The molecule has 0 aliphatic rings. The van der Waals surface area contributed by atoms with Gasteiger partial charge in [-0.2, -0.15) is 4.79 Å². The molecule has 0 amide bonds.